The first kappa shape index (κ1) is 18.3. The number of halogens is 14. The third-order valence-corrected chi connectivity index (χ3v) is 3.49. The van der Waals surface area contributed by atoms with Crippen LogP contribution in [0.25, 0.3) is 0 Å². The molecule has 1 saturated heterocycles. The van der Waals surface area contributed by atoms with E-state index in [1.54, 1.807) is 0 Å². The number of alkyl halides is 14. The van der Waals surface area contributed by atoms with Gasteiger partial charge in [-0.25, -0.2) is 4.39 Å². The fourth-order valence-electron chi connectivity index (χ4n) is 2.05. The molecule has 0 bridgehead atoms. The Bertz CT molecular complexity index is 521. The molecule has 15 heteroatoms. The summed E-state index contributed by atoms with van der Waals surface area (Å²) in [6, 6.07) is 0. The van der Waals surface area contributed by atoms with Gasteiger partial charge < -0.3 is 0 Å². The first-order valence-electron chi connectivity index (χ1n) is 5.05. The minimum absolute atomic E-state index is 2.21. The summed E-state index contributed by atoms with van der Waals surface area (Å²) >= 11 is 0. The van der Waals surface area contributed by atoms with Crippen LogP contribution >= 0.6 is 0 Å². The van der Waals surface area contributed by atoms with E-state index in [1.807, 2.05) is 0 Å². The first-order chi connectivity index (χ1) is 9.71. The Morgan fingerprint density at radius 2 is 0.609 bits per heavy atom. The van der Waals surface area contributed by atoms with Gasteiger partial charge in [0.25, 0.3) is 0 Å². The molecule has 2 aliphatic rings. The summed E-state index contributed by atoms with van der Waals surface area (Å²) in [6.07, 6.45) is -5.96. The third-order valence-electron chi connectivity index (χ3n) is 3.49. The van der Waals surface area contributed by atoms with Gasteiger partial charge in [-0.1, -0.05) is 0 Å². The molecule has 0 aromatic carbocycles. The van der Waals surface area contributed by atoms with Crippen LogP contribution < -0.4 is 0 Å². The molecule has 23 heavy (non-hydrogen) atoms. The summed E-state index contributed by atoms with van der Waals surface area (Å²) < 4.78 is 184. The summed E-state index contributed by atoms with van der Waals surface area (Å²) in [5.41, 5.74) is -7.51. The van der Waals surface area contributed by atoms with E-state index in [2.05, 4.69) is 4.74 Å². The zero-order valence-corrected chi connectivity index (χ0v) is 9.70. The predicted octanol–water partition coefficient (Wildman–Crippen LogP) is 4.17. The Balaban J connectivity index is 2.87. The Kier molecular flexibility index (Phi) is 2.90. The highest BCUT2D eigenvalue weighted by atomic mass is 19.4. The molecule has 0 N–H and O–H groups in total. The van der Waals surface area contributed by atoms with Crippen molar-refractivity contribution in [3.8, 4) is 0 Å². The lowest BCUT2D eigenvalue weighted by molar-refractivity contribution is -0.498. The van der Waals surface area contributed by atoms with Crippen molar-refractivity contribution in [3.05, 3.63) is 0 Å². The second kappa shape index (κ2) is 3.64. The molecule has 0 amide bonds. The molecule has 2 fully saturated rings. The van der Waals surface area contributed by atoms with Crippen LogP contribution in [0, 0.1) is 0 Å². The quantitative estimate of drug-likeness (QED) is 0.493. The standard InChI is InChI=1S/C8F14O/c9-1(7(20)8(21,22)23-7)2(10,11)4(14,15)6(18,19)5(16,17)3(1,12)13. The maximum absolute atomic E-state index is 13.8. The van der Waals surface area contributed by atoms with Crippen molar-refractivity contribution < 1.29 is 66.2 Å². The number of rotatable bonds is 1. The van der Waals surface area contributed by atoms with Crippen LogP contribution in [0.2, 0.25) is 0 Å². The van der Waals surface area contributed by atoms with Gasteiger partial charge in [-0.2, -0.15) is 57.1 Å². The predicted molar refractivity (Wildman–Crippen MR) is 38.4 cm³/mol. The van der Waals surface area contributed by atoms with Gasteiger partial charge in [0.2, 0.25) is 0 Å². The summed E-state index contributed by atoms with van der Waals surface area (Å²) in [5, 5.41) is 0. The van der Waals surface area contributed by atoms with Gasteiger partial charge in [-0.15, -0.1) is 0 Å². The average molecular weight is 378 g/mol. The maximum atomic E-state index is 13.8. The van der Waals surface area contributed by atoms with Gasteiger partial charge in [0.1, 0.15) is 0 Å². The Morgan fingerprint density at radius 3 is 0.826 bits per heavy atom. The van der Waals surface area contributed by atoms with Crippen LogP contribution in [-0.4, -0.2) is 47.2 Å². The third kappa shape index (κ3) is 1.34. The van der Waals surface area contributed by atoms with Crippen molar-refractivity contribution in [1.82, 2.24) is 0 Å². The lowest BCUT2D eigenvalue weighted by Crippen LogP contribution is -2.86. The highest BCUT2D eigenvalue weighted by Crippen LogP contribution is 2.77. The van der Waals surface area contributed by atoms with Crippen molar-refractivity contribution in [2.45, 2.75) is 47.2 Å². The number of epoxide rings is 1. The highest BCUT2D eigenvalue weighted by molar-refractivity contribution is 5.33. The van der Waals surface area contributed by atoms with Crippen LogP contribution in [-0.2, 0) is 4.74 Å². The largest absolute Gasteiger partial charge is 0.421 e. The smallest absolute Gasteiger partial charge is 0.267 e. The highest BCUT2D eigenvalue weighted by Gasteiger charge is 3.10. The van der Waals surface area contributed by atoms with Gasteiger partial charge in [0.15, 0.2) is 0 Å². The SMILES string of the molecule is FC1(F)OC1(F)C1(F)C(F)(F)C(F)(F)C(F)(F)C(F)(F)C1(F)F. The monoisotopic (exact) mass is 378 g/mol. The van der Waals surface area contributed by atoms with Gasteiger partial charge >= 0.3 is 47.2 Å². The van der Waals surface area contributed by atoms with Gasteiger partial charge in [-0.3, -0.25) is 4.74 Å². The van der Waals surface area contributed by atoms with E-state index in [4.69, 9.17) is 0 Å². The van der Waals surface area contributed by atoms with Crippen molar-refractivity contribution in [1.29, 1.82) is 0 Å². The Labute approximate surface area is 115 Å². The summed E-state index contributed by atoms with van der Waals surface area (Å²) in [4.78, 5) is 0. The minimum atomic E-state index is -7.70. The molecule has 0 aromatic heterocycles. The van der Waals surface area contributed by atoms with E-state index >= 15 is 0 Å². The first-order valence-corrected chi connectivity index (χ1v) is 5.05. The van der Waals surface area contributed by atoms with Crippen molar-refractivity contribution in [3.63, 3.8) is 0 Å². The van der Waals surface area contributed by atoms with Crippen LogP contribution in [0.4, 0.5) is 61.5 Å². The molecule has 0 spiro atoms. The molecule has 0 radical (unpaired) electrons. The zero-order valence-electron chi connectivity index (χ0n) is 9.70. The fourth-order valence-corrected chi connectivity index (χ4v) is 2.05. The topological polar surface area (TPSA) is 12.5 Å². The van der Waals surface area contributed by atoms with Crippen LogP contribution in [0.3, 0.4) is 0 Å². The van der Waals surface area contributed by atoms with Crippen molar-refractivity contribution in [2.24, 2.45) is 0 Å². The second-order valence-electron chi connectivity index (χ2n) is 4.74. The number of hydrogen-bond donors (Lipinski definition) is 0. The van der Waals surface area contributed by atoms with E-state index < -0.39 is 47.2 Å². The molecule has 2 rings (SSSR count). The Hall–Kier alpha value is -1.02. The molecule has 1 saturated carbocycles. The lowest BCUT2D eigenvalue weighted by atomic mass is 9.69. The fraction of sp³-hybridized carbons (Fsp3) is 1.00. The molecule has 1 aliphatic carbocycles. The summed E-state index contributed by atoms with van der Waals surface area (Å²) in [5.74, 6) is -44.7. The van der Waals surface area contributed by atoms with Crippen LogP contribution in [0.5, 0.6) is 0 Å². The van der Waals surface area contributed by atoms with E-state index in [-0.39, 0.29) is 0 Å². The summed E-state index contributed by atoms with van der Waals surface area (Å²) in [6.45, 7) is 0. The molecule has 1 heterocycles. The number of hydrogen-bond acceptors (Lipinski definition) is 1. The van der Waals surface area contributed by atoms with Gasteiger partial charge in [-0.05, 0) is 0 Å². The molecule has 1 nitrogen and oxygen atoms in total. The van der Waals surface area contributed by atoms with E-state index in [0.717, 1.165) is 0 Å². The molecule has 1 aliphatic heterocycles. The molecular weight excluding hydrogens is 378 g/mol. The maximum Gasteiger partial charge on any atom is 0.421 e. The van der Waals surface area contributed by atoms with Crippen LogP contribution in [0.1, 0.15) is 0 Å². The molecule has 1 atom stereocenters. The van der Waals surface area contributed by atoms with E-state index in [9.17, 15) is 61.5 Å². The molecule has 0 aromatic rings. The number of ether oxygens (including phenoxy) is 1. The zero-order chi connectivity index (χ0) is 18.7. The van der Waals surface area contributed by atoms with Crippen LogP contribution in [0.15, 0.2) is 0 Å². The van der Waals surface area contributed by atoms with E-state index in [0.29, 0.717) is 0 Å². The minimum Gasteiger partial charge on any atom is -0.267 e. The summed E-state index contributed by atoms with van der Waals surface area (Å²) in [7, 11) is 0. The average Bonchev–Trinajstić information content (AvgIpc) is 2.86. The van der Waals surface area contributed by atoms with Crippen molar-refractivity contribution in [2.75, 3.05) is 0 Å². The normalized spacial score (nSPS) is 40.4. The molecular formula is C8F14O. The molecule has 136 valence electrons. The Morgan fingerprint density at radius 1 is 0.391 bits per heavy atom. The lowest BCUT2D eigenvalue weighted by Gasteiger charge is -2.52. The van der Waals surface area contributed by atoms with E-state index in [1.165, 1.54) is 0 Å². The second-order valence-corrected chi connectivity index (χ2v) is 4.74. The van der Waals surface area contributed by atoms with Gasteiger partial charge in [0.05, 0.1) is 0 Å². The van der Waals surface area contributed by atoms with Crippen molar-refractivity contribution >= 4 is 0 Å². The van der Waals surface area contributed by atoms with Gasteiger partial charge in [0, 0.05) is 0 Å². The molecule has 1 unspecified atom stereocenters.